The third-order valence-electron chi connectivity index (χ3n) is 3.11. The minimum Gasteiger partial charge on any atom is -0.481 e. The summed E-state index contributed by atoms with van der Waals surface area (Å²) in [5.41, 5.74) is 3.30. The minimum absolute atomic E-state index is 0.349. The topological polar surface area (TPSA) is 60.5 Å². The molecule has 0 aliphatic heterocycles. The molecule has 1 heterocycles. The van der Waals surface area contributed by atoms with E-state index in [0.717, 1.165) is 16.9 Å². The van der Waals surface area contributed by atoms with Crippen LogP contribution in [-0.4, -0.2) is 25.2 Å². The second-order valence-electron chi connectivity index (χ2n) is 4.55. The average molecular weight is 286 g/mol. The van der Waals surface area contributed by atoms with Crippen molar-refractivity contribution in [1.82, 2.24) is 4.98 Å². The third kappa shape index (κ3) is 3.72. The number of aryl methyl sites for hydroxylation is 1. The smallest absolute Gasteiger partial charge is 0.337 e. The van der Waals surface area contributed by atoms with E-state index in [0.29, 0.717) is 18.0 Å². The highest BCUT2D eigenvalue weighted by atomic mass is 16.5. The van der Waals surface area contributed by atoms with Gasteiger partial charge in [0.2, 0.25) is 5.88 Å². The fourth-order valence-electron chi connectivity index (χ4n) is 1.91. The summed E-state index contributed by atoms with van der Waals surface area (Å²) in [4.78, 5) is 15.9. The maximum Gasteiger partial charge on any atom is 0.337 e. The van der Waals surface area contributed by atoms with Gasteiger partial charge in [-0.2, -0.15) is 0 Å². The molecule has 0 bridgehead atoms. The van der Waals surface area contributed by atoms with Crippen molar-refractivity contribution in [3.05, 3.63) is 53.2 Å². The molecule has 2 rings (SSSR count). The molecule has 110 valence electrons. The van der Waals surface area contributed by atoms with Crippen LogP contribution in [0.3, 0.4) is 0 Å². The normalized spacial score (nSPS) is 10.0. The molecule has 0 amide bonds. The number of carbonyl (C=O) groups is 1. The van der Waals surface area contributed by atoms with E-state index in [1.54, 1.807) is 25.3 Å². The number of carbonyl (C=O) groups excluding carboxylic acids is 1. The summed E-state index contributed by atoms with van der Waals surface area (Å²) in [6, 6.07) is 11.0. The first-order valence-corrected chi connectivity index (χ1v) is 6.57. The Kier molecular flexibility index (Phi) is 4.77. The molecule has 5 nitrogen and oxygen atoms in total. The van der Waals surface area contributed by atoms with Gasteiger partial charge < -0.3 is 14.8 Å². The van der Waals surface area contributed by atoms with Crippen LogP contribution in [0.1, 0.15) is 21.6 Å². The molecule has 0 aliphatic rings. The highest BCUT2D eigenvalue weighted by molar-refractivity contribution is 5.90. The van der Waals surface area contributed by atoms with Crippen LogP contribution >= 0.6 is 0 Å². The predicted octanol–water partition coefficient (Wildman–Crippen LogP) is 2.80. The fraction of sp³-hybridized carbons (Fsp3) is 0.250. The van der Waals surface area contributed by atoms with E-state index < -0.39 is 0 Å². The lowest BCUT2D eigenvalue weighted by Crippen LogP contribution is -2.06. The van der Waals surface area contributed by atoms with Gasteiger partial charge in [-0.15, -0.1) is 0 Å². The lowest BCUT2D eigenvalue weighted by atomic mass is 10.1. The lowest BCUT2D eigenvalue weighted by molar-refractivity contribution is 0.0601. The Hall–Kier alpha value is -2.56. The molecule has 1 N–H and O–H groups in total. The molecule has 0 aliphatic carbocycles. The molecule has 2 aromatic rings. The number of nitrogens with one attached hydrogen (secondary N) is 1. The first kappa shape index (κ1) is 14.8. The van der Waals surface area contributed by atoms with Crippen molar-refractivity contribution in [3.8, 4) is 5.88 Å². The lowest BCUT2D eigenvalue weighted by Gasteiger charge is -2.11. The number of benzene rings is 1. The van der Waals surface area contributed by atoms with Crippen molar-refractivity contribution in [2.75, 3.05) is 19.5 Å². The van der Waals surface area contributed by atoms with E-state index in [-0.39, 0.29) is 5.97 Å². The van der Waals surface area contributed by atoms with Crippen LogP contribution in [0.4, 0.5) is 5.69 Å². The molecular formula is C16H18N2O3. The van der Waals surface area contributed by atoms with E-state index in [9.17, 15) is 4.79 Å². The predicted molar refractivity (Wildman–Crippen MR) is 80.6 cm³/mol. The van der Waals surface area contributed by atoms with E-state index in [4.69, 9.17) is 9.47 Å². The standard InChI is InChI=1S/C16H18N2O3/c1-11-7-8-12(16(19)21-3)9-14(11)17-10-13-5-4-6-15(18-13)20-2/h4-9,17H,10H2,1-3H3. The van der Waals surface area contributed by atoms with E-state index in [1.165, 1.54) is 7.11 Å². The summed E-state index contributed by atoms with van der Waals surface area (Å²) in [6.45, 7) is 2.52. The van der Waals surface area contributed by atoms with E-state index in [2.05, 4.69) is 10.3 Å². The molecular weight excluding hydrogens is 268 g/mol. The second kappa shape index (κ2) is 6.74. The van der Waals surface area contributed by atoms with Gasteiger partial charge in [-0.1, -0.05) is 12.1 Å². The molecule has 1 aromatic heterocycles. The van der Waals surface area contributed by atoms with Crippen molar-refractivity contribution in [1.29, 1.82) is 0 Å². The highest BCUT2D eigenvalue weighted by Gasteiger charge is 2.08. The average Bonchev–Trinajstić information content (AvgIpc) is 2.53. The summed E-state index contributed by atoms with van der Waals surface area (Å²) < 4.78 is 9.82. The SMILES string of the molecule is COC(=O)c1ccc(C)c(NCc2cccc(OC)n2)c1. The van der Waals surface area contributed by atoms with Crippen LogP contribution in [-0.2, 0) is 11.3 Å². The number of hydrogen-bond donors (Lipinski definition) is 1. The van der Waals surface area contributed by atoms with Crippen molar-refractivity contribution in [2.24, 2.45) is 0 Å². The summed E-state index contributed by atoms with van der Waals surface area (Å²) in [7, 11) is 2.96. The van der Waals surface area contributed by atoms with Gasteiger partial charge in [0.25, 0.3) is 0 Å². The number of nitrogens with zero attached hydrogens (tertiary/aromatic N) is 1. The number of rotatable bonds is 5. The van der Waals surface area contributed by atoms with Gasteiger partial charge in [0, 0.05) is 11.8 Å². The van der Waals surface area contributed by atoms with Crippen molar-refractivity contribution in [3.63, 3.8) is 0 Å². The number of methoxy groups -OCH3 is 2. The van der Waals surface area contributed by atoms with E-state index in [1.807, 2.05) is 25.1 Å². The maximum atomic E-state index is 11.6. The Labute approximate surface area is 123 Å². The van der Waals surface area contributed by atoms with Gasteiger partial charge in [-0.05, 0) is 30.7 Å². The number of hydrogen-bond acceptors (Lipinski definition) is 5. The molecule has 21 heavy (non-hydrogen) atoms. The van der Waals surface area contributed by atoms with Crippen LogP contribution in [0.2, 0.25) is 0 Å². The molecule has 0 saturated heterocycles. The zero-order valence-corrected chi connectivity index (χ0v) is 12.3. The fourth-order valence-corrected chi connectivity index (χ4v) is 1.91. The summed E-state index contributed by atoms with van der Waals surface area (Å²) in [6.07, 6.45) is 0. The first-order chi connectivity index (χ1) is 10.1. The quantitative estimate of drug-likeness (QED) is 0.856. The van der Waals surface area contributed by atoms with Gasteiger partial charge in [-0.25, -0.2) is 9.78 Å². The molecule has 0 spiro atoms. The molecule has 0 radical (unpaired) electrons. The number of aromatic nitrogens is 1. The summed E-state index contributed by atoms with van der Waals surface area (Å²) >= 11 is 0. The van der Waals surface area contributed by atoms with Crippen molar-refractivity contribution < 1.29 is 14.3 Å². The summed E-state index contributed by atoms with van der Waals surface area (Å²) in [5.74, 6) is 0.229. The van der Waals surface area contributed by atoms with Gasteiger partial charge in [0.15, 0.2) is 0 Å². The van der Waals surface area contributed by atoms with Gasteiger partial charge in [0.05, 0.1) is 32.0 Å². The molecule has 0 atom stereocenters. The van der Waals surface area contributed by atoms with Crippen LogP contribution in [0.25, 0.3) is 0 Å². The summed E-state index contributed by atoms with van der Waals surface area (Å²) in [5, 5.41) is 3.27. The molecule has 0 unspecified atom stereocenters. The Bertz CT molecular complexity index is 641. The number of pyridine rings is 1. The number of ether oxygens (including phenoxy) is 2. The zero-order chi connectivity index (χ0) is 15.2. The Morgan fingerprint density at radius 2 is 2.05 bits per heavy atom. The minimum atomic E-state index is -0.349. The van der Waals surface area contributed by atoms with Crippen LogP contribution < -0.4 is 10.1 Å². The van der Waals surface area contributed by atoms with E-state index >= 15 is 0 Å². The number of esters is 1. The Morgan fingerprint density at radius 1 is 1.24 bits per heavy atom. The van der Waals surface area contributed by atoms with Gasteiger partial charge in [0.1, 0.15) is 0 Å². The Balaban J connectivity index is 2.13. The van der Waals surface area contributed by atoms with Crippen LogP contribution in [0.15, 0.2) is 36.4 Å². The second-order valence-corrected chi connectivity index (χ2v) is 4.55. The molecule has 0 saturated carbocycles. The zero-order valence-electron chi connectivity index (χ0n) is 12.3. The molecule has 1 aromatic carbocycles. The Morgan fingerprint density at radius 3 is 2.76 bits per heavy atom. The molecule has 5 heteroatoms. The first-order valence-electron chi connectivity index (χ1n) is 6.57. The van der Waals surface area contributed by atoms with Crippen LogP contribution in [0.5, 0.6) is 5.88 Å². The number of anilines is 1. The maximum absolute atomic E-state index is 11.6. The van der Waals surface area contributed by atoms with Gasteiger partial charge in [-0.3, -0.25) is 0 Å². The van der Waals surface area contributed by atoms with Gasteiger partial charge >= 0.3 is 5.97 Å². The van der Waals surface area contributed by atoms with Crippen molar-refractivity contribution in [2.45, 2.75) is 13.5 Å². The van der Waals surface area contributed by atoms with Crippen LogP contribution in [0, 0.1) is 6.92 Å². The monoisotopic (exact) mass is 286 g/mol. The largest absolute Gasteiger partial charge is 0.481 e. The third-order valence-corrected chi connectivity index (χ3v) is 3.11. The molecule has 0 fully saturated rings. The highest BCUT2D eigenvalue weighted by Crippen LogP contribution is 2.18. The van der Waals surface area contributed by atoms with Crippen molar-refractivity contribution >= 4 is 11.7 Å².